The van der Waals surface area contributed by atoms with Gasteiger partial charge in [0.05, 0.1) is 0 Å². The molecule has 0 amide bonds. The molecule has 1 aromatic carbocycles. The average Bonchev–Trinajstić information content (AvgIpc) is 2.48. The van der Waals surface area contributed by atoms with Crippen LogP contribution in [0.4, 0.5) is 0 Å². The van der Waals surface area contributed by atoms with Crippen LogP contribution in [0, 0.1) is 0 Å². The van der Waals surface area contributed by atoms with Crippen molar-refractivity contribution in [2.75, 3.05) is 59.4 Å². The maximum absolute atomic E-state index is 5.60. The number of rotatable bonds is 7. The highest BCUT2D eigenvalue weighted by atomic mass is 15.3. The highest BCUT2D eigenvalue weighted by Crippen LogP contribution is 2.04. The largest absolute Gasteiger partial charge is 0.329 e. The second kappa shape index (κ2) is 8.37. The second-order valence-corrected chi connectivity index (χ2v) is 5.70. The van der Waals surface area contributed by atoms with Gasteiger partial charge in [-0.15, -0.1) is 0 Å². The van der Waals surface area contributed by atoms with Gasteiger partial charge in [-0.25, -0.2) is 0 Å². The van der Waals surface area contributed by atoms with E-state index in [0.717, 1.165) is 26.2 Å². The predicted molar refractivity (Wildman–Crippen MR) is 84.7 cm³/mol. The normalized spacial score (nSPS) is 17.8. The van der Waals surface area contributed by atoms with Gasteiger partial charge in [0.1, 0.15) is 0 Å². The van der Waals surface area contributed by atoms with Gasteiger partial charge in [0.25, 0.3) is 0 Å². The summed E-state index contributed by atoms with van der Waals surface area (Å²) in [7, 11) is 2.21. The molecular formula is C16H28N4. The summed E-state index contributed by atoms with van der Waals surface area (Å²) in [6.07, 6.45) is 0. The van der Waals surface area contributed by atoms with Crippen LogP contribution in [-0.2, 0) is 6.54 Å². The maximum Gasteiger partial charge on any atom is 0.0231 e. The lowest BCUT2D eigenvalue weighted by Crippen LogP contribution is -2.49. The van der Waals surface area contributed by atoms with Crippen molar-refractivity contribution in [3.05, 3.63) is 35.9 Å². The standard InChI is InChI=1S/C16H28N4/c1-18(15-16-5-3-2-4-6-16)9-10-20-13-11-19(8-7-17)12-14-20/h2-6H,7-15,17H2,1H3. The molecule has 4 heteroatoms. The Morgan fingerprint density at radius 1 is 1.00 bits per heavy atom. The predicted octanol–water partition coefficient (Wildman–Crippen LogP) is 0.695. The first-order valence-electron chi connectivity index (χ1n) is 7.65. The third-order valence-corrected chi connectivity index (χ3v) is 4.00. The molecule has 0 radical (unpaired) electrons. The van der Waals surface area contributed by atoms with Crippen LogP contribution in [0.3, 0.4) is 0 Å². The smallest absolute Gasteiger partial charge is 0.0231 e. The van der Waals surface area contributed by atoms with Gasteiger partial charge in [0, 0.05) is 58.9 Å². The molecule has 2 N–H and O–H groups in total. The van der Waals surface area contributed by atoms with E-state index in [4.69, 9.17) is 5.73 Å². The third kappa shape index (κ3) is 5.21. The fraction of sp³-hybridized carbons (Fsp3) is 0.625. The van der Waals surface area contributed by atoms with Crippen LogP contribution in [0.1, 0.15) is 5.56 Å². The molecule has 1 aromatic rings. The fourth-order valence-electron chi connectivity index (χ4n) is 2.71. The highest BCUT2D eigenvalue weighted by Gasteiger charge is 2.15. The summed E-state index contributed by atoms with van der Waals surface area (Å²) in [5.41, 5.74) is 7.00. The molecule has 1 aliphatic heterocycles. The van der Waals surface area contributed by atoms with Crippen molar-refractivity contribution < 1.29 is 0 Å². The number of nitrogens with two attached hydrogens (primary N) is 1. The van der Waals surface area contributed by atoms with Gasteiger partial charge >= 0.3 is 0 Å². The minimum atomic E-state index is 0.778. The van der Waals surface area contributed by atoms with E-state index < -0.39 is 0 Å². The lowest BCUT2D eigenvalue weighted by Gasteiger charge is -2.35. The van der Waals surface area contributed by atoms with Crippen LogP contribution in [0.15, 0.2) is 30.3 Å². The van der Waals surface area contributed by atoms with E-state index in [9.17, 15) is 0 Å². The molecule has 0 atom stereocenters. The maximum atomic E-state index is 5.60. The minimum Gasteiger partial charge on any atom is -0.329 e. The summed E-state index contributed by atoms with van der Waals surface area (Å²) in [6.45, 7) is 9.85. The molecule has 1 saturated heterocycles. The molecule has 2 rings (SSSR count). The SMILES string of the molecule is CN(CCN1CCN(CCN)CC1)Cc1ccccc1. The molecular weight excluding hydrogens is 248 g/mol. The van der Waals surface area contributed by atoms with Crippen LogP contribution in [-0.4, -0.2) is 74.1 Å². The summed E-state index contributed by atoms with van der Waals surface area (Å²) < 4.78 is 0. The third-order valence-electron chi connectivity index (χ3n) is 4.00. The monoisotopic (exact) mass is 276 g/mol. The summed E-state index contributed by atoms with van der Waals surface area (Å²) in [6, 6.07) is 10.7. The van der Waals surface area contributed by atoms with Crippen molar-refractivity contribution in [2.45, 2.75) is 6.54 Å². The summed E-state index contributed by atoms with van der Waals surface area (Å²) >= 11 is 0. The van der Waals surface area contributed by atoms with Gasteiger partial charge in [0.15, 0.2) is 0 Å². The first-order chi connectivity index (χ1) is 9.78. The molecule has 0 saturated carbocycles. The lowest BCUT2D eigenvalue weighted by molar-refractivity contribution is 0.124. The lowest BCUT2D eigenvalue weighted by atomic mass is 10.2. The first kappa shape index (κ1) is 15.4. The van der Waals surface area contributed by atoms with E-state index in [2.05, 4.69) is 52.1 Å². The van der Waals surface area contributed by atoms with Crippen LogP contribution in [0.5, 0.6) is 0 Å². The number of hydrogen-bond acceptors (Lipinski definition) is 4. The van der Waals surface area contributed by atoms with Gasteiger partial charge in [0.2, 0.25) is 0 Å². The van der Waals surface area contributed by atoms with E-state index in [-0.39, 0.29) is 0 Å². The average molecular weight is 276 g/mol. The zero-order chi connectivity index (χ0) is 14.2. The number of nitrogens with zero attached hydrogens (tertiary/aromatic N) is 3. The van der Waals surface area contributed by atoms with Crippen LogP contribution in [0.2, 0.25) is 0 Å². The van der Waals surface area contributed by atoms with Crippen LogP contribution >= 0.6 is 0 Å². The van der Waals surface area contributed by atoms with Gasteiger partial charge in [-0.3, -0.25) is 9.80 Å². The van der Waals surface area contributed by atoms with Gasteiger partial charge < -0.3 is 10.6 Å². The van der Waals surface area contributed by atoms with Crippen molar-refractivity contribution in [2.24, 2.45) is 5.73 Å². The number of likely N-dealkylation sites (N-methyl/N-ethyl adjacent to an activating group) is 1. The Kier molecular flexibility index (Phi) is 6.47. The van der Waals surface area contributed by atoms with Crippen LogP contribution < -0.4 is 5.73 Å². The molecule has 1 heterocycles. The van der Waals surface area contributed by atoms with E-state index >= 15 is 0 Å². The molecule has 4 nitrogen and oxygen atoms in total. The van der Waals surface area contributed by atoms with Gasteiger partial charge in [-0.2, -0.15) is 0 Å². The fourth-order valence-corrected chi connectivity index (χ4v) is 2.71. The molecule has 0 spiro atoms. The minimum absolute atomic E-state index is 0.778. The van der Waals surface area contributed by atoms with Crippen molar-refractivity contribution >= 4 is 0 Å². The Bertz CT molecular complexity index is 360. The quantitative estimate of drug-likeness (QED) is 0.795. The molecule has 1 fully saturated rings. The van der Waals surface area contributed by atoms with Crippen LogP contribution in [0.25, 0.3) is 0 Å². The Hall–Kier alpha value is -0.940. The summed E-state index contributed by atoms with van der Waals surface area (Å²) in [4.78, 5) is 7.43. The Balaban J connectivity index is 1.63. The molecule has 20 heavy (non-hydrogen) atoms. The van der Waals surface area contributed by atoms with E-state index in [0.29, 0.717) is 0 Å². The number of benzene rings is 1. The van der Waals surface area contributed by atoms with E-state index in [1.807, 2.05) is 0 Å². The Morgan fingerprint density at radius 3 is 2.20 bits per heavy atom. The molecule has 0 unspecified atom stereocenters. The van der Waals surface area contributed by atoms with Crippen molar-refractivity contribution in [1.29, 1.82) is 0 Å². The number of hydrogen-bond donors (Lipinski definition) is 1. The van der Waals surface area contributed by atoms with Gasteiger partial charge in [-0.1, -0.05) is 30.3 Å². The van der Waals surface area contributed by atoms with Gasteiger partial charge in [-0.05, 0) is 12.6 Å². The molecule has 0 aliphatic carbocycles. The topological polar surface area (TPSA) is 35.7 Å². The summed E-state index contributed by atoms with van der Waals surface area (Å²) in [5, 5.41) is 0. The molecule has 0 aromatic heterocycles. The Labute approximate surface area is 123 Å². The second-order valence-electron chi connectivity index (χ2n) is 5.70. The van der Waals surface area contributed by atoms with Crippen molar-refractivity contribution in [3.63, 3.8) is 0 Å². The molecule has 1 aliphatic rings. The number of piperazine rings is 1. The van der Waals surface area contributed by atoms with Crippen molar-refractivity contribution in [3.8, 4) is 0 Å². The summed E-state index contributed by atoms with van der Waals surface area (Å²) in [5.74, 6) is 0. The first-order valence-corrected chi connectivity index (χ1v) is 7.65. The zero-order valence-corrected chi connectivity index (χ0v) is 12.7. The molecule has 112 valence electrons. The van der Waals surface area contributed by atoms with E-state index in [1.54, 1.807) is 0 Å². The Morgan fingerprint density at radius 2 is 1.60 bits per heavy atom. The zero-order valence-electron chi connectivity index (χ0n) is 12.7. The highest BCUT2D eigenvalue weighted by molar-refractivity contribution is 5.14. The van der Waals surface area contributed by atoms with E-state index in [1.165, 1.54) is 38.3 Å². The van der Waals surface area contributed by atoms with Crippen molar-refractivity contribution in [1.82, 2.24) is 14.7 Å². The molecule has 0 bridgehead atoms.